The molecule has 5 aliphatic rings. The van der Waals surface area contributed by atoms with Crippen LogP contribution in [0.15, 0.2) is 0 Å². The van der Waals surface area contributed by atoms with E-state index >= 15 is 0 Å². The molecule has 2 bridgehead atoms. The van der Waals surface area contributed by atoms with E-state index in [0.29, 0.717) is 12.3 Å². The van der Waals surface area contributed by atoms with E-state index in [1.54, 1.807) is 6.92 Å². The normalized spacial score (nSPS) is 52.3. The van der Waals surface area contributed by atoms with E-state index in [0.717, 1.165) is 26.2 Å². The molecule has 2 unspecified atom stereocenters. The van der Waals surface area contributed by atoms with Gasteiger partial charge < -0.3 is 14.2 Å². The van der Waals surface area contributed by atoms with Crippen LogP contribution in [0.25, 0.3) is 0 Å². The molecule has 4 saturated heterocycles. The summed E-state index contributed by atoms with van der Waals surface area (Å²) in [6.07, 6.45) is -4.76. The van der Waals surface area contributed by atoms with Gasteiger partial charge in [-0.3, -0.25) is 0 Å². The van der Waals surface area contributed by atoms with Crippen LogP contribution in [0, 0.1) is 23.7 Å². The highest BCUT2D eigenvalue weighted by atomic mass is 19.4. The number of fused-ring (bicyclic) bond motifs is 2. The Morgan fingerprint density at radius 3 is 2.50 bits per heavy atom. The highest BCUT2D eigenvalue weighted by molar-refractivity contribution is 5.09. The van der Waals surface area contributed by atoms with Crippen molar-refractivity contribution in [2.45, 2.75) is 89.6 Å². The van der Waals surface area contributed by atoms with Crippen molar-refractivity contribution in [3.05, 3.63) is 0 Å². The van der Waals surface area contributed by atoms with E-state index in [1.807, 2.05) is 6.92 Å². The molecular weight excluding hydrogens is 353 g/mol. The zero-order valence-electron chi connectivity index (χ0n) is 15.5. The Bertz CT molecular complexity index is 557. The number of hydrogen-bond acceptors (Lipinski definition) is 5. The number of rotatable bonds is 2. The first-order valence-electron chi connectivity index (χ1n) is 9.49. The first-order chi connectivity index (χ1) is 12.1. The van der Waals surface area contributed by atoms with Crippen LogP contribution in [-0.4, -0.2) is 36.2 Å². The number of ether oxygens (including phenoxy) is 3. The first kappa shape index (κ1) is 18.9. The second-order valence-corrected chi connectivity index (χ2v) is 8.59. The third-order valence-corrected chi connectivity index (χ3v) is 6.90. The molecule has 5 fully saturated rings. The molecule has 9 atom stereocenters. The molecule has 26 heavy (non-hydrogen) atoms. The number of hydrogen-bond donors (Lipinski definition) is 0. The molecule has 0 aromatic heterocycles. The predicted molar refractivity (Wildman–Crippen MR) is 83.4 cm³/mol. The minimum atomic E-state index is -4.43. The van der Waals surface area contributed by atoms with Crippen molar-refractivity contribution in [3.8, 4) is 0 Å². The van der Waals surface area contributed by atoms with Gasteiger partial charge in [0.05, 0.1) is 0 Å². The van der Waals surface area contributed by atoms with E-state index < -0.39 is 36.2 Å². The Balaban J connectivity index is 1.66. The van der Waals surface area contributed by atoms with Gasteiger partial charge in [-0.2, -0.15) is 13.2 Å². The van der Waals surface area contributed by atoms with Crippen LogP contribution in [0.5, 0.6) is 0 Å². The van der Waals surface area contributed by atoms with Crippen molar-refractivity contribution >= 4 is 0 Å². The highest BCUT2D eigenvalue weighted by Crippen LogP contribution is 2.60. The van der Waals surface area contributed by atoms with Gasteiger partial charge in [0.2, 0.25) is 5.79 Å². The molecule has 4 aliphatic heterocycles. The SMILES string of the molecule is CC(OC1O[C@@H]2O[C@]3(C)CC[C@H]4[C@H](C)CC[C@@H]([C@H]1C)[C@@]24OO3)C(F)(F)F. The Morgan fingerprint density at radius 2 is 1.81 bits per heavy atom. The lowest BCUT2D eigenvalue weighted by molar-refractivity contribution is -0.578. The highest BCUT2D eigenvalue weighted by Gasteiger charge is 2.69. The lowest BCUT2D eigenvalue weighted by Crippen LogP contribution is -2.70. The van der Waals surface area contributed by atoms with Crippen molar-refractivity contribution in [3.63, 3.8) is 0 Å². The molecule has 5 nitrogen and oxygen atoms in total. The Kier molecular flexibility index (Phi) is 4.40. The van der Waals surface area contributed by atoms with E-state index in [1.165, 1.54) is 0 Å². The van der Waals surface area contributed by atoms with Crippen LogP contribution in [0.2, 0.25) is 0 Å². The molecular formula is C18H27F3O5. The van der Waals surface area contributed by atoms with E-state index in [-0.39, 0.29) is 17.8 Å². The maximum absolute atomic E-state index is 13.0. The first-order valence-corrected chi connectivity index (χ1v) is 9.49. The summed E-state index contributed by atoms with van der Waals surface area (Å²) in [6.45, 7) is 6.86. The third-order valence-electron chi connectivity index (χ3n) is 6.90. The average molecular weight is 380 g/mol. The molecule has 8 heteroatoms. The summed E-state index contributed by atoms with van der Waals surface area (Å²) in [6, 6.07) is 0. The number of alkyl halides is 3. The minimum Gasteiger partial charge on any atom is -0.340 e. The van der Waals surface area contributed by atoms with Crippen LogP contribution < -0.4 is 0 Å². The fraction of sp³-hybridized carbons (Fsp3) is 1.00. The predicted octanol–water partition coefficient (Wildman–Crippen LogP) is 4.16. The summed E-state index contributed by atoms with van der Waals surface area (Å²) in [5.41, 5.74) is -0.783. The monoisotopic (exact) mass is 380 g/mol. The van der Waals surface area contributed by atoms with E-state index in [9.17, 15) is 13.2 Å². The zero-order chi connectivity index (χ0) is 18.9. The average Bonchev–Trinajstić information content (AvgIpc) is 2.77. The van der Waals surface area contributed by atoms with Gasteiger partial charge in [-0.1, -0.05) is 13.8 Å². The van der Waals surface area contributed by atoms with Crippen LogP contribution in [0.3, 0.4) is 0 Å². The van der Waals surface area contributed by atoms with Gasteiger partial charge in [0.25, 0.3) is 0 Å². The lowest BCUT2D eigenvalue weighted by Gasteiger charge is -2.60. The molecule has 1 spiro atoms. The molecule has 0 amide bonds. The van der Waals surface area contributed by atoms with Crippen molar-refractivity contribution in [1.82, 2.24) is 0 Å². The molecule has 4 heterocycles. The molecule has 0 radical (unpaired) electrons. The molecule has 0 aromatic rings. The second kappa shape index (κ2) is 6.04. The van der Waals surface area contributed by atoms with Crippen molar-refractivity contribution in [2.24, 2.45) is 23.7 Å². The Labute approximate surface area is 151 Å². The van der Waals surface area contributed by atoms with Crippen LogP contribution in [-0.2, 0) is 24.0 Å². The Hall–Kier alpha value is -0.410. The van der Waals surface area contributed by atoms with Crippen LogP contribution in [0.4, 0.5) is 13.2 Å². The van der Waals surface area contributed by atoms with Crippen LogP contribution in [0.1, 0.15) is 53.4 Å². The molecule has 0 aromatic carbocycles. The minimum absolute atomic E-state index is 0.0458. The molecule has 0 N–H and O–H groups in total. The summed E-state index contributed by atoms with van der Waals surface area (Å²) in [7, 11) is 0. The topological polar surface area (TPSA) is 46.2 Å². The zero-order valence-corrected chi connectivity index (χ0v) is 15.5. The fourth-order valence-electron chi connectivity index (χ4n) is 5.31. The van der Waals surface area contributed by atoms with Gasteiger partial charge >= 0.3 is 6.18 Å². The summed E-state index contributed by atoms with van der Waals surface area (Å²) in [4.78, 5) is 11.6. The maximum Gasteiger partial charge on any atom is 0.414 e. The summed E-state index contributed by atoms with van der Waals surface area (Å²) in [5.74, 6) is -0.669. The van der Waals surface area contributed by atoms with Crippen molar-refractivity contribution in [1.29, 1.82) is 0 Å². The Morgan fingerprint density at radius 1 is 1.08 bits per heavy atom. The molecule has 150 valence electrons. The van der Waals surface area contributed by atoms with Gasteiger partial charge in [-0.05, 0) is 44.9 Å². The third kappa shape index (κ3) is 2.71. The van der Waals surface area contributed by atoms with E-state index in [4.69, 9.17) is 24.0 Å². The smallest absolute Gasteiger partial charge is 0.340 e. The molecule has 1 aliphatic carbocycles. The largest absolute Gasteiger partial charge is 0.414 e. The van der Waals surface area contributed by atoms with Gasteiger partial charge in [0.1, 0.15) is 0 Å². The quantitative estimate of drug-likeness (QED) is 0.673. The fourth-order valence-corrected chi connectivity index (χ4v) is 5.31. The van der Waals surface area contributed by atoms with Gasteiger partial charge in [-0.25, -0.2) is 9.78 Å². The standard InChI is InChI=1S/C18H27F3O5/c1-9-5-6-13-10(2)14(22-11(3)18(19,20)21)23-15-17(13)12(9)7-8-16(4,24-15)25-26-17/h9-15H,5-8H2,1-4H3/t9-,10-,11?,12+,13+,14?,15-,16+,17-/m1/s1. The van der Waals surface area contributed by atoms with E-state index in [2.05, 4.69) is 6.92 Å². The number of halogens is 3. The molecule has 1 saturated carbocycles. The summed E-state index contributed by atoms with van der Waals surface area (Å²) < 4.78 is 56.3. The summed E-state index contributed by atoms with van der Waals surface area (Å²) in [5, 5.41) is 0. The van der Waals surface area contributed by atoms with Gasteiger partial charge in [-0.15, -0.1) is 0 Å². The van der Waals surface area contributed by atoms with Gasteiger partial charge in [0.15, 0.2) is 24.3 Å². The summed E-state index contributed by atoms with van der Waals surface area (Å²) >= 11 is 0. The van der Waals surface area contributed by atoms with Gasteiger partial charge in [0, 0.05) is 18.3 Å². The second-order valence-electron chi connectivity index (χ2n) is 8.59. The van der Waals surface area contributed by atoms with Crippen LogP contribution >= 0.6 is 0 Å². The van der Waals surface area contributed by atoms with Crippen molar-refractivity contribution in [2.75, 3.05) is 0 Å². The van der Waals surface area contributed by atoms with Crippen molar-refractivity contribution < 1.29 is 37.2 Å². The maximum atomic E-state index is 13.0. The molecule has 5 rings (SSSR count). The lowest BCUT2D eigenvalue weighted by atomic mass is 9.58.